The van der Waals surface area contributed by atoms with Gasteiger partial charge in [-0.3, -0.25) is 9.69 Å². The van der Waals surface area contributed by atoms with Crippen molar-refractivity contribution in [3.05, 3.63) is 24.3 Å². The summed E-state index contributed by atoms with van der Waals surface area (Å²) in [5.74, 6) is 0.289. The average Bonchev–Trinajstić information content (AvgIpc) is 3.10. The first kappa shape index (κ1) is 15.0. The Labute approximate surface area is 140 Å². The van der Waals surface area contributed by atoms with Crippen LogP contribution in [0.1, 0.15) is 19.8 Å². The molecule has 126 valence electrons. The van der Waals surface area contributed by atoms with Gasteiger partial charge in [-0.25, -0.2) is 14.5 Å². The Hall–Kier alpha value is -2.57. The number of carbonyl (C=O) groups excluding carboxylic acids is 3. The maximum Gasteiger partial charge on any atom is 0.332 e. The fraction of sp³-hybridized carbons (Fsp3) is 0.471. The molecule has 3 aliphatic rings. The minimum Gasteiger partial charge on any atom is -0.336 e. The molecule has 4 rings (SSSR count). The maximum atomic E-state index is 12.8. The van der Waals surface area contributed by atoms with Crippen LogP contribution < -0.4 is 15.1 Å². The van der Waals surface area contributed by atoms with Crippen LogP contribution in [0.25, 0.3) is 0 Å². The highest BCUT2D eigenvalue weighted by molar-refractivity contribution is 6.21. The summed E-state index contributed by atoms with van der Waals surface area (Å²) >= 11 is 0. The zero-order chi connectivity index (χ0) is 16.8. The lowest BCUT2D eigenvalue weighted by Gasteiger charge is -2.30. The molecule has 1 aromatic rings. The van der Waals surface area contributed by atoms with Crippen LogP contribution in [-0.4, -0.2) is 48.5 Å². The van der Waals surface area contributed by atoms with Gasteiger partial charge in [0, 0.05) is 25.3 Å². The van der Waals surface area contributed by atoms with Gasteiger partial charge in [0.15, 0.2) is 0 Å². The Morgan fingerprint density at radius 2 is 1.92 bits per heavy atom. The number of urea groups is 2. The smallest absolute Gasteiger partial charge is 0.332 e. The molecule has 0 aliphatic carbocycles. The Balaban J connectivity index is 1.65. The van der Waals surface area contributed by atoms with Crippen LogP contribution in [0.5, 0.6) is 0 Å². The topological polar surface area (TPSA) is 73.0 Å². The molecule has 1 aromatic carbocycles. The van der Waals surface area contributed by atoms with Crippen molar-refractivity contribution in [1.29, 1.82) is 0 Å². The Kier molecular flexibility index (Phi) is 3.44. The van der Waals surface area contributed by atoms with E-state index in [1.165, 1.54) is 4.90 Å². The number of hydrogen-bond donors (Lipinski definition) is 1. The molecule has 7 nitrogen and oxygen atoms in total. The van der Waals surface area contributed by atoms with Crippen LogP contribution in [0.3, 0.4) is 0 Å². The van der Waals surface area contributed by atoms with Crippen molar-refractivity contribution in [1.82, 2.24) is 10.2 Å². The molecular weight excluding hydrogens is 308 g/mol. The first-order chi connectivity index (χ1) is 11.6. The van der Waals surface area contributed by atoms with Gasteiger partial charge in [-0.15, -0.1) is 0 Å². The molecule has 1 N–H and O–H groups in total. The number of carbonyl (C=O) groups is 3. The second-order valence-corrected chi connectivity index (χ2v) is 6.70. The van der Waals surface area contributed by atoms with E-state index in [9.17, 15) is 14.4 Å². The summed E-state index contributed by atoms with van der Waals surface area (Å²) in [4.78, 5) is 41.8. The molecule has 3 fully saturated rings. The van der Waals surface area contributed by atoms with Gasteiger partial charge in [0.25, 0.3) is 5.91 Å². The lowest BCUT2D eigenvalue weighted by Crippen LogP contribution is -2.41. The Morgan fingerprint density at radius 1 is 1.12 bits per heavy atom. The molecular formula is C17H20N4O3. The van der Waals surface area contributed by atoms with Gasteiger partial charge in [0.05, 0.1) is 5.69 Å². The number of rotatable bonds is 2. The molecule has 2 atom stereocenters. The number of benzene rings is 1. The standard InChI is InChI=1S/C17H20N4O3/c1-11-5-7-20-14(9-11)15(22)21(17(20)24)13-4-2-3-12(10-13)19-8-6-18-16(19)23/h2-4,10-11,14H,5-9H2,1H3,(H,18,23)/t11-,14-/m1/s1. The molecule has 0 radical (unpaired) electrons. The van der Waals surface area contributed by atoms with Crippen molar-refractivity contribution in [3.8, 4) is 0 Å². The quantitative estimate of drug-likeness (QED) is 0.841. The molecule has 0 saturated carbocycles. The van der Waals surface area contributed by atoms with Crippen LogP contribution in [0.4, 0.5) is 21.0 Å². The zero-order valence-corrected chi connectivity index (χ0v) is 13.6. The number of nitrogens with one attached hydrogen (secondary N) is 1. The van der Waals surface area contributed by atoms with Crippen LogP contribution >= 0.6 is 0 Å². The predicted octanol–water partition coefficient (Wildman–Crippen LogP) is 1.78. The lowest BCUT2D eigenvalue weighted by molar-refractivity contribution is -0.120. The summed E-state index contributed by atoms with van der Waals surface area (Å²) in [6, 6.07) is 6.32. The highest BCUT2D eigenvalue weighted by atomic mass is 16.2. The normalized spacial score (nSPS) is 26.9. The van der Waals surface area contributed by atoms with Gasteiger partial charge in [-0.05, 0) is 37.0 Å². The van der Waals surface area contributed by atoms with E-state index < -0.39 is 0 Å². The number of hydrogen-bond acceptors (Lipinski definition) is 3. The van der Waals surface area contributed by atoms with E-state index in [0.29, 0.717) is 36.9 Å². The second-order valence-electron chi connectivity index (χ2n) is 6.70. The molecule has 3 aliphatic heterocycles. The molecule has 3 saturated heterocycles. The molecule has 0 spiro atoms. The van der Waals surface area contributed by atoms with E-state index in [2.05, 4.69) is 12.2 Å². The van der Waals surface area contributed by atoms with E-state index >= 15 is 0 Å². The minimum absolute atomic E-state index is 0.155. The van der Waals surface area contributed by atoms with E-state index in [-0.39, 0.29) is 24.0 Å². The predicted molar refractivity (Wildman–Crippen MR) is 89.0 cm³/mol. The average molecular weight is 328 g/mol. The van der Waals surface area contributed by atoms with E-state index in [0.717, 1.165) is 12.8 Å². The third kappa shape index (κ3) is 2.23. The van der Waals surface area contributed by atoms with Crippen LogP contribution in [-0.2, 0) is 4.79 Å². The monoisotopic (exact) mass is 328 g/mol. The molecule has 5 amide bonds. The van der Waals surface area contributed by atoms with Crippen molar-refractivity contribution in [2.24, 2.45) is 5.92 Å². The molecule has 0 aromatic heterocycles. The van der Waals surface area contributed by atoms with Crippen LogP contribution in [0, 0.1) is 5.92 Å². The summed E-state index contributed by atoms with van der Waals surface area (Å²) in [5, 5.41) is 2.75. The number of amides is 5. The van der Waals surface area contributed by atoms with E-state index in [1.807, 2.05) is 6.07 Å². The number of nitrogens with zero attached hydrogens (tertiary/aromatic N) is 3. The fourth-order valence-corrected chi connectivity index (χ4v) is 3.73. The molecule has 24 heavy (non-hydrogen) atoms. The van der Waals surface area contributed by atoms with Gasteiger partial charge < -0.3 is 10.2 Å². The number of fused-ring (bicyclic) bond motifs is 1. The summed E-state index contributed by atoms with van der Waals surface area (Å²) in [6.07, 6.45) is 1.65. The number of anilines is 2. The van der Waals surface area contributed by atoms with Crippen LogP contribution in [0.15, 0.2) is 24.3 Å². The molecule has 0 bridgehead atoms. The van der Waals surface area contributed by atoms with Gasteiger partial charge in [0.1, 0.15) is 6.04 Å². The number of piperidine rings is 1. The largest absolute Gasteiger partial charge is 0.336 e. The first-order valence-electron chi connectivity index (χ1n) is 8.36. The minimum atomic E-state index is -0.347. The van der Waals surface area contributed by atoms with Crippen LogP contribution in [0.2, 0.25) is 0 Å². The fourth-order valence-electron chi connectivity index (χ4n) is 3.73. The SMILES string of the molecule is C[C@@H]1CCN2C(=O)N(c3cccc(N4CCNC4=O)c3)C(=O)[C@H]2C1. The Bertz CT molecular complexity index is 720. The zero-order valence-electron chi connectivity index (χ0n) is 13.6. The lowest BCUT2D eigenvalue weighted by atomic mass is 9.93. The summed E-state index contributed by atoms with van der Waals surface area (Å²) < 4.78 is 0. The molecule has 7 heteroatoms. The van der Waals surface area contributed by atoms with Crippen molar-refractivity contribution < 1.29 is 14.4 Å². The first-order valence-corrected chi connectivity index (χ1v) is 8.36. The summed E-state index contributed by atoms with van der Waals surface area (Å²) in [6.45, 7) is 3.92. The van der Waals surface area contributed by atoms with Crippen molar-refractivity contribution in [3.63, 3.8) is 0 Å². The van der Waals surface area contributed by atoms with Gasteiger partial charge in [-0.2, -0.15) is 0 Å². The molecule has 0 unspecified atom stereocenters. The number of imide groups is 1. The highest BCUT2D eigenvalue weighted by Gasteiger charge is 2.47. The summed E-state index contributed by atoms with van der Waals surface area (Å²) in [7, 11) is 0. The van der Waals surface area contributed by atoms with Crippen molar-refractivity contribution >= 4 is 29.3 Å². The van der Waals surface area contributed by atoms with E-state index in [4.69, 9.17) is 0 Å². The van der Waals surface area contributed by atoms with Crippen molar-refractivity contribution in [2.45, 2.75) is 25.8 Å². The van der Waals surface area contributed by atoms with Gasteiger partial charge in [0.2, 0.25) is 0 Å². The van der Waals surface area contributed by atoms with Crippen molar-refractivity contribution in [2.75, 3.05) is 29.4 Å². The third-order valence-electron chi connectivity index (χ3n) is 5.06. The Morgan fingerprint density at radius 3 is 2.67 bits per heavy atom. The third-order valence-corrected chi connectivity index (χ3v) is 5.06. The highest BCUT2D eigenvalue weighted by Crippen LogP contribution is 2.34. The molecule has 3 heterocycles. The van der Waals surface area contributed by atoms with Gasteiger partial charge in [-0.1, -0.05) is 13.0 Å². The van der Waals surface area contributed by atoms with E-state index in [1.54, 1.807) is 28.0 Å². The second kappa shape index (κ2) is 5.51. The van der Waals surface area contributed by atoms with Gasteiger partial charge >= 0.3 is 12.1 Å². The summed E-state index contributed by atoms with van der Waals surface area (Å²) in [5.41, 5.74) is 1.23. The maximum absolute atomic E-state index is 12.8.